The van der Waals surface area contributed by atoms with Crippen molar-refractivity contribution in [3.05, 3.63) is 4.72 Å². The number of aliphatic hydroxyl groups is 2. The number of fused-ring (bicyclic) bond motifs is 1. The molecule has 0 bridgehead atoms. The van der Waals surface area contributed by atoms with E-state index in [2.05, 4.69) is 6.07 Å². The van der Waals surface area contributed by atoms with Gasteiger partial charge in [-0.1, -0.05) is 0 Å². The Morgan fingerprint density at radius 2 is 1.83 bits per heavy atom. The Labute approximate surface area is 221 Å². The molecule has 1 aliphatic carbocycles. The fourth-order valence-electron chi connectivity index (χ4n) is 4.97. The van der Waals surface area contributed by atoms with Crippen LogP contribution in [-0.4, -0.2) is 95.8 Å². The molecular formula is C24H39O5Rb. The van der Waals surface area contributed by atoms with Crippen molar-refractivity contribution in [2.24, 2.45) is 28.6 Å². The Bertz CT molecular complexity index is 673. The van der Waals surface area contributed by atoms with Crippen LogP contribution in [0.15, 0.2) is 4.72 Å². The van der Waals surface area contributed by atoms with E-state index in [-0.39, 0.29) is 29.6 Å². The third-order valence-corrected chi connectivity index (χ3v) is 10.3. The zero-order valence-corrected chi connectivity index (χ0v) is 24.8. The number of aliphatic hydroxyl groups excluding tert-OH is 2. The van der Waals surface area contributed by atoms with Crippen molar-refractivity contribution in [3.63, 3.8) is 0 Å². The van der Waals surface area contributed by atoms with Gasteiger partial charge in [0.15, 0.2) is 0 Å². The van der Waals surface area contributed by atoms with E-state index in [1.54, 1.807) is 20.8 Å². The molecule has 2 fully saturated rings. The molecular weight excluding hydrogens is 454 g/mol. The molecule has 0 aromatic carbocycles. The van der Waals surface area contributed by atoms with Gasteiger partial charge in [-0.2, -0.15) is 0 Å². The minimum atomic E-state index is -1.15. The van der Waals surface area contributed by atoms with Gasteiger partial charge in [-0.05, 0) is 0 Å². The maximum atomic E-state index is 13.1. The van der Waals surface area contributed by atoms with Crippen LogP contribution < -0.4 is 0 Å². The summed E-state index contributed by atoms with van der Waals surface area (Å²) in [6, 6.07) is 0. The molecule has 166 valence electrons. The average Bonchev–Trinajstić information content (AvgIpc) is 3.32. The Hall–Kier alpha value is 0.605. The predicted octanol–water partition coefficient (Wildman–Crippen LogP) is 3.55. The molecule has 5 nitrogen and oxygen atoms in total. The van der Waals surface area contributed by atoms with Crippen molar-refractivity contribution in [1.29, 1.82) is 0 Å². The number of Topliss-reactive ketones (excluding diaryl/α,β-unsaturated/α-hetero) is 1. The first-order valence-corrected chi connectivity index (χ1v) is 14.4. The zero-order valence-electron chi connectivity index (χ0n) is 19.9. The van der Waals surface area contributed by atoms with Crippen LogP contribution in [0.1, 0.15) is 80.1 Å². The topological polar surface area (TPSA) is 83.8 Å². The Morgan fingerprint density at radius 1 is 1.20 bits per heavy atom. The number of rotatable bonds is 1. The fourth-order valence-corrected chi connectivity index (χ4v) is 5.88. The number of ketones is 1. The second-order valence-electron chi connectivity index (χ2n) is 10.8. The van der Waals surface area contributed by atoms with E-state index in [0.29, 0.717) is 61.5 Å². The van der Waals surface area contributed by atoms with Gasteiger partial charge >= 0.3 is 224 Å². The Balaban J connectivity index is 2.26. The van der Waals surface area contributed by atoms with Crippen LogP contribution >= 0.6 is 0 Å². The number of esters is 1. The molecule has 0 spiro atoms. The van der Waals surface area contributed by atoms with E-state index in [9.17, 15) is 19.8 Å². The van der Waals surface area contributed by atoms with Crippen LogP contribution in [0.4, 0.5) is 0 Å². The first-order valence-electron chi connectivity index (χ1n) is 11.6. The van der Waals surface area contributed by atoms with Crippen molar-refractivity contribution >= 4 is 67.3 Å². The van der Waals surface area contributed by atoms with Crippen molar-refractivity contribution in [3.8, 4) is 0 Å². The number of carbonyl (C=O) groups is 2. The molecule has 2 aliphatic rings. The summed E-state index contributed by atoms with van der Waals surface area (Å²) in [4.78, 5) is 25.7. The maximum absolute atomic E-state index is 13.1. The molecule has 1 heterocycles. The van der Waals surface area contributed by atoms with Gasteiger partial charge in [0, 0.05) is 0 Å². The molecule has 0 radical (unpaired) electrons. The molecule has 0 aromatic heterocycles. The summed E-state index contributed by atoms with van der Waals surface area (Å²) in [7, 11) is 0. The predicted molar refractivity (Wildman–Crippen MR) is 118 cm³/mol. The monoisotopic (exact) mass is 492 g/mol. The molecule has 1 saturated heterocycles. The summed E-state index contributed by atoms with van der Waals surface area (Å²) in [5, 5.41) is 21.5. The van der Waals surface area contributed by atoms with Crippen LogP contribution in [-0.2, 0) is 14.3 Å². The Kier molecular flexibility index (Phi) is 9.57. The zero-order chi connectivity index (χ0) is 22.9. The van der Waals surface area contributed by atoms with Crippen LogP contribution in [0.3, 0.4) is 0 Å². The van der Waals surface area contributed by atoms with Crippen molar-refractivity contribution in [2.75, 3.05) is 0 Å². The number of cyclic esters (lactones) is 1. The standard InChI is InChI=1S/C24H39O5.Rb/c1-14(2)18-11-17-13-24(17,7)10-8-9-15(3)21(27)16(4)22(28)23(5,6)19(25)12-20(26)29-18;/h1,15-19,21,25,27H,8-13H2,2-7H3;/t15-,16+,17+,18-,19-,21-,24-;/m0./s1. The third-order valence-electron chi connectivity index (χ3n) is 8.02. The van der Waals surface area contributed by atoms with Crippen LogP contribution in [0.5, 0.6) is 0 Å². The number of ether oxygens (including phenoxy) is 1. The summed E-state index contributed by atoms with van der Waals surface area (Å²) < 4.78 is 8.00. The normalized spacial score (nSPS) is 41.7. The van der Waals surface area contributed by atoms with Gasteiger partial charge in [-0.25, -0.2) is 0 Å². The number of hydrogen-bond acceptors (Lipinski definition) is 5. The summed E-state index contributed by atoms with van der Waals surface area (Å²) in [6.07, 6.45) is 2.62. The van der Waals surface area contributed by atoms with Gasteiger partial charge in [0.1, 0.15) is 0 Å². The van der Waals surface area contributed by atoms with E-state index in [1.165, 1.54) is 0 Å². The van der Waals surface area contributed by atoms with Gasteiger partial charge in [0.25, 0.3) is 0 Å². The third kappa shape index (κ3) is 6.35. The quantitative estimate of drug-likeness (QED) is 0.547. The molecule has 2 rings (SSSR count). The molecule has 6 heteroatoms. The first-order chi connectivity index (χ1) is 13.8. The molecule has 0 amide bonds. The van der Waals surface area contributed by atoms with E-state index in [0.717, 1.165) is 37.7 Å². The minimum absolute atomic E-state index is 0.0149. The first kappa shape index (κ1) is 26.9. The molecule has 1 aliphatic heterocycles. The van der Waals surface area contributed by atoms with Gasteiger partial charge in [0.05, 0.1) is 0 Å². The molecule has 2 N–H and O–H groups in total. The van der Waals surface area contributed by atoms with Crippen molar-refractivity contribution < 1.29 is 24.5 Å². The summed E-state index contributed by atoms with van der Waals surface area (Å²) in [5.41, 5.74) is 0.254. The van der Waals surface area contributed by atoms with Gasteiger partial charge in [0.2, 0.25) is 0 Å². The van der Waals surface area contributed by atoms with Crippen molar-refractivity contribution in [2.45, 2.75) is 98.4 Å². The molecule has 30 heavy (non-hydrogen) atoms. The van der Waals surface area contributed by atoms with E-state index in [1.807, 2.05) is 13.8 Å². The van der Waals surface area contributed by atoms with Crippen LogP contribution in [0, 0.1) is 28.6 Å². The van der Waals surface area contributed by atoms with Gasteiger partial charge in [-0.15, -0.1) is 0 Å². The van der Waals surface area contributed by atoms with E-state index < -0.39 is 29.5 Å². The SMILES string of the molecule is C/C(=[CH]\[Rb])[C@@H]1C[C@@H]2C[C@]2(C)CCC[C@H](C)[C@H](O)[C@@H](C)C(=O)C(C)(C)[C@@H](O)CC(=O)O1. The molecule has 0 aromatic rings. The van der Waals surface area contributed by atoms with Crippen molar-refractivity contribution in [1.82, 2.24) is 0 Å². The number of hydrogen-bond donors (Lipinski definition) is 2. The average molecular weight is 493 g/mol. The summed E-state index contributed by atoms with van der Waals surface area (Å²) in [6.45, 7) is 11.4. The number of carbonyl (C=O) groups excluding carboxylic acids is 2. The van der Waals surface area contributed by atoms with Crippen LogP contribution in [0.25, 0.3) is 0 Å². The molecule has 7 atom stereocenters. The molecule has 1 saturated carbocycles. The van der Waals surface area contributed by atoms with Gasteiger partial charge in [-0.3, -0.25) is 0 Å². The molecule has 0 unspecified atom stereocenters. The van der Waals surface area contributed by atoms with E-state index >= 15 is 0 Å². The fraction of sp³-hybridized carbons (Fsp3) is 0.833. The van der Waals surface area contributed by atoms with Crippen LogP contribution in [0.2, 0.25) is 0 Å². The Morgan fingerprint density at radius 3 is 2.43 bits per heavy atom. The summed E-state index contributed by atoms with van der Waals surface area (Å²) in [5.74, 6) is -0.709. The van der Waals surface area contributed by atoms with E-state index in [4.69, 9.17) is 4.74 Å². The second kappa shape index (κ2) is 10.7. The summed E-state index contributed by atoms with van der Waals surface area (Å²) >= 11 is 0.365. The van der Waals surface area contributed by atoms with Gasteiger partial charge < -0.3 is 0 Å². The second-order valence-corrected chi connectivity index (χ2v) is 12.2.